The van der Waals surface area contributed by atoms with E-state index in [0.29, 0.717) is 6.42 Å². The summed E-state index contributed by atoms with van der Waals surface area (Å²) in [6.07, 6.45) is 55.0. The summed E-state index contributed by atoms with van der Waals surface area (Å²) in [6.45, 7) is 4.28. The molecule has 0 fully saturated rings. The summed E-state index contributed by atoms with van der Waals surface area (Å²) < 4.78 is 0. The molecule has 0 radical (unpaired) electrons. The van der Waals surface area contributed by atoms with E-state index in [1.807, 2.05) is 6.08 Å². The van der Waals surface area contributed by atoms with Gasteiger partial charge in [0.2, 0.25) is 5.91 Å². The van der Waals surface area contributed by atoms with Crippen LogP contribution in [0.3, 0.4) is 0 Å². The molecular formula is C45H83NO3. The lowest BCUT2D eigenvalue weighted by Gasteiger charge is -2.19. The number of aliphatic hydroxyl groups excluding tert-OH is 2. The first-order valence-corrected chi connectivity index (χ1v) is 21.4. The van der Waals surface area contributed by atoms with Crippen molar-refractivity contribution < 1.29 is 15.0 Å². The predicted octanol–water partition coefficient (Wildman–Crippen LogP) is 13.2. The Hall–Kier alpha value is -1.65. The summed E-state index contributed by atoms with van der Waals surface area (Å²) in [5.41, 5.74) is 0. The minimum Gasteiger partial charge on any atom is -0.394 e. The Bertz CT molecular complexity index is 786. The van der Waals surface area contributed by atoms with E-state index in [2.05, 4.69) is 55.6 Å². The van der Waals surface area contributed by atoms with Gasteiger partial charge in [0.25, 0.3) is 0 Å². The van der Waals surface area contributed by atoms with Crippen LogP contribution in [0, 0.1) is 0 Å². The SMILES string of the molecule is CCCCCC/C=C\CCCCCCCCCC(=O)NC(CO)C(O)/C=C/CC/C=C/CC/C=C/CCCCCCCCCCCCCC. The van der Waals surface area contributed by atoms with E-state index >= 15 is 0 Å². The molecule has 0 aliphatic rings. The van der Waals surface area contributed by atoms with Gasteiger partial charge in [-0.2, -0.15) is 0 Å². The second kappa shape index (κ2) is 40.8. The lowest BCUT2D eigenvalue weighted by Crippen LogP contribution is -2.45. The van der Waals surface area contributed by atoms with Crippen molar-refractivity contribution in [1.82, 2.24) is 5.32 Å². The topological polar surface area (TPSA) is 69.6 Å². The van der Waals surface area contributed by atoms with Gasteiger partial charge in [-0.3, -0.25) is 4.79 Å². The van der Waals surface area contributed by atoms with Crippen molar-refractivity contribution in [3.05, 3.63) is 48.6 Å². The molecule has 0 aliphatic carbocycles. The molecule has 286 valence electrons. The second-order valence-electron chi connectivity index (χ2n) is 14.4. The number of hydrogen-bond acceptors (Lipinski definition) is 3. The number of hydrogen-bond donors (Lipinski definition) is 3. The van der Waals surface area contributed by atoms with Gasteiger partial charge in [-0.05, 0) is 70.6 Å². The average Bonchev–Trinajstić information content (AvgIpc) is 3.10. The first-order chi connectivity index (χ1) is 24.2. The first-order valence-electron chi connectivity index (χ1n) is 21.4. The van der Waals surface area contributed by atoms with Crippen molar-refractivity contribution in [2.24, 2.45) is 0 Å². The Balaban J connectivity index is 3.66. The second-order valence-corrected chi connectivity index (χ2v) is 14.4. The van der Waals surface area contributed by atoms with E-state index in [1.165, 1.54) is 154 Å². The number of aliphatic hydroxyl groups is 2. The maximum atomic E-state index is 12.3. The number of allylic oxidation sites excluding steroid dienone is 7. The third-order valence-corrected chi connectivity index (χ3v) is 9.51. The maximum absolute atomic E-state index is 12.3. The molecule has 4 heteroatoms. The van der Waals surface area contributed by atoms with Crippen molar-refractivity contribution in [2.75, 3.05) is 6.61 Å². The molecule has 0 bridgehead atoms. The van der Waals surface area contributed by atoms with Crippen LogP contribution in [0.2, 0.25) is 0 Å². The zero-order chi connectivity index (χ0) is 35.7. The summed E-state index contributed by atoms with van der Waals surface area (Å²) in [6, 6.07) is -0.647. The molecule has 1 amide bonds. The Kier molecular flexibility index (Phi) is 39.4. The molecule has 0 saturated carbocycles. The molecule has 0 aliphatic heterocycles. The molecule has 0 aromatic rings. The maximum Gasteiger partial charge on any atom is 0.220 e. The number of rotatable bonds is 38. The molecule has 0 rings (SSSR count). The van der Waals surface area contributed by atoms with Crippen molar-refractivity contribution in [3.63, 3.8) is 0 Å². The van der Waals surface area contributed by atoms with Gasteiger partial charge in [0.05, 0.1) is 18.8 Å². The van der Waals surface area contributed by atoms with Crippen molar-refractivity contribution >= 4 is 5.91 Å². The molecule has 0 aromatic carbocycles. The van der Waals surface area contributed by atoms with Crippen LogP contribution in [0.4, 0.5) is 0 Å². The smallest absolute Gasteiger partial charge is 0.220 e. The molecule has 0 saturated heterocycles. The Morgan fingerprint density at radius 2 is 0.796 bits per heavy atom. The van der Waals surface area contributed by atoms with E-state index in [-0.39, 0.29) is 12.5 Å². The number of nitrogens with one attached hydrogen (secondary N) is 1. The van der Waals surface area contributed by atoms with Gasteiger partial charge in [-0.1, -0.05) is 184 Å². The van der Waals surface area contributed by atoms with Crippen molar-refractivity contribution in [1.29, 1.82) is 0 Å². The number of carbonyl (C=O) groups is 1. The molecule has 4 nitrogen and oxygen atoms in total. The number of amides is 1. The van der Waals surface area contributed by atoms with Crippen LogP contribution < -0.4 is 5.32 Å². The van der Waals surface area contributed by atoms with E-state index < -0.39 is 12.1 Å². The van der Waals surface area contributed by atoms with E-state index in [9.17, 15) is 15.0 Å². The Labute approximate surface area is 305 Å². The molecule has 49 heavy (non-hydrogen) atoms. The molecule has 0 heterocycles. The molecule has 3 N–H and O–H groups in total. The monoisotopic (exact) mass is 686 g/mol. The lowest BCUT2D eigenvalue weighted by atomic mass is 10.0. The highest BCUT2D eigenvalue weighted by Crippen LogP contribution is 2.14. The highest BCUT2D eigenvalue weighted by atomic mass is 16.3. The van der Waals surface area contributed by atoms with Gasteiger partial charge < -0.3 is 15.5 Å². The summed E-state index contributed by atoms with van der Waals surface area (Å²) >= 11 is 0. The number of carbonyl (C=O) groups excluding carboxylic acids is 1. The van der Waals surface area contributed by atoms with Gasteiger partial charge in [0.15, 0.2) is 0 Å². The number of unbranched alkanes of at least 4 members (excludes halogenated alkanes) is 25. The van der Waals surface area contributed by atoms with Gasteiger partial charge in [0, 0.05) is 6.42 Å². The third-order valence-electron chi connectivity index (χ3n) is 9.51. The lowest BCUT2D eigenvalue weighted by molar-refractivity contribution is -0.123. The van der Waals surface area contributed by atoms with E-state index in [1.54, 1.807) is 6.08 Å². The van der Waals surface area contributed by atoms with Crippen LogP contribution in [0.25, 0.3) is 0 Å². The first kappa shape index (κ1) is 47.4. The molecule has 0 spiro atoms. The summed E-state index contributed by atoms with van der Waals surface area (Å²) in [5, 5.41) is 22.9. The summed E-state index contributed by atoms with van der Waals surface area (Å²) in [5.74, 6) is -0.0842. The molecule has 2 atom stereocenters. The van der Waals surface area contributed by atoms with Crippen molar-refractivity contribution in [3.8, 4) is 0 Å². The Morgan fingerprint density at radius 1 is 0.469 bits per heavy atom. The third kappa shape index (κ3) is 37.4. The minimum absolute atomic E-state index is 0.0842. The van der Waals surface area contributed by atoms with Crippen LogP contribution in [0.1, 0.15) is 213 Å². The quantitative estimate of drug-likeness (QED) is 0.0447. The summed E-state index contributed by atoms with van der Waals surface area (Å²) in [7, 11) is 0. The highest BCUT2D eigenvalue weighted by molar-refractivity contribution is 5.76. The predicted molar refractivity (Wildman–Crippen MR) is 216 cm³/mol. The molecular weight excluding hydrogens is 602 g/mol. The normalized spacial score (nSPS) is 13.5. The van der Waals surface area contributed by atoms with Crippen LogP contribution >= 0.6 is 0 Å². The van der Waals surface area contributed by atoms with Gasteiger partial charge in [0.1, 0.15) is 0 Å². The van der Waals surface area contributed by atoms with E-state index in [0.717, 1.165) is 38.5 Å². The van der Waals surface area contributed by atoms with Gasteiger partial charge >= 0.3 is 0 Å². The fourth-order valence-corrected chi connectivity index (χ4v) is 6.20. The molecule has 0 aromatic heterocycles. The largest absolute Gasteiger partial charge is 0.394 e. The van der Waals surface area contributed by atoms with Crippen LogP contribution in [-0.4, -0.2) is 34.9 Å². The van der Waals surface area contributed by atoms with Crippen LogP contribution in [0.5, 0.6) is 0 Å². The van der Waals surface area contributed by atoms with Gasteiger partial charge in [-0.25, -0.2) is 0 Å². The minimum atomic E-state index is -0.871. The highest BCUT2D eigenvalue weighted by Gasteiger charge is 2.17. The zero-order valence-electron chi connectivity index (χ0n) is 32.7. The van der Waals surface area contributed by atoms with Gasteiger partial charge in [-0.15, -0.1) is 0 Å². The fourth-order valence-electron chi connectivity index (χ4n) is 6.20. The summed E-state index contributed by atoms with van der Waals surface area (Å²) in [4.78, 5) is 12.3. The zero-order valence-corrected chi connectivity index (χ0v) is 32.7. The Morgan fingerprint density at radius 3 is 1.20 bits per heavy atom. The average molecular weight is 686 g/mol. The molecule has 2 unspecified atom stereocenters. The van der Waals surface area contributed by atoms with E-state index in [4.69, 9.17) is 0 Å². The fraction of sp³-hybridized carbons (Fsp3) is 0.800. The van der Waals surface area contributed by atoms with Crippen LogP contribution in [-0.2, 0) is 4.79 Å². The van der Waals surface area contributed by atoms with Crippen LogP contribution in [0.15, 0.2) is 48.6 Å². The van der Waals surface area contributed by atoms with Crippen molar-refractivity contribution in [2.45, 2.75) is 225 Å². The standard InChI is InChI=1S/C45H83NO3/c1-3-5-7-9-11-13-15-17-19-20-21-22-23-24-25-27-28-30-32-34-36-38-40-44(48)43(42-47)46-45(49)41-39-37-35-33-31-29-26-18-16-14-12-10-8-6-4-2/h14,16,24-25,30,32,38,40,43-44,47-48H,3-13,15,17-23,26-29,31,33-37,39,41-42H2,1-2H3,(H,46,49)/b16-14-,25-24+,32-30+,40-38+.